The molecule has 0 N–H and O–H groups in total. The lowest BCUT2D eigenvalue weighted by Crippen LogP contribution is -2.00. The zero-order valence-electron chi connectivity index (χ0n) is 6.15. The van der Waals surface area contributed by atoms with Crippen LogP contribution in [-0.4, -0.2) is 4.92 Å². The first-order valence-corrected chi connectivity index (χ1v) is 3.79. The molecule has 76 valence electrons. The van der Waals surface area contributed by atoms with Crippen molar-refractivity contribution in [2.24, 2.45) is 0 Å². The van der Waals surface area contributed by atoms with Crippen LogP contribution in [0.2, 0.25) is 10.0 Å². The molecule has 0 aliphatic heterocycles. The Hall–Kier alpha value is -1.01. The summed E-state index contributed by atoms with van der Waals surface area (Å²) in [5.41, 5.74) is -1.38. The average Bonchev–Trinajstić information content (AvgIpc) is 2.11. The molecule has 3 nitrogen and oxygen atoms in total. The Morgan fingerprint density at radius 1 is 1.00 bits per heavy atom. The van der Waals surface area contributed by atoms with Crippen LogP contribution < -0.4 is 0 Å². The smallest absolute Gasteiger partial charge is 0.258 e. The van der Waals surface area contributed by atoms with Gasteiger partial charge >= 0.3 is 5.69 Å². The van der Waals surface area contributed by atoms with Gasteiger partial charge in [-0.25, -0.2) is 8.78 Å². The minimum atomic E-state index is -2.02. The van der Waals surface area contributed by atoms with E-state index < -0.39 is 38.1 Å². The van der Waals surface area contributed by atoms with Gasteiger partial charge in [0.25, 0.3) is 0 Å². The third-order valence-corrected chi connectivity index (χ3v) is 2.19. The molecule has 1 aromatic carbocycles. The van der Waals surface area contributed by atoms with E-state index in [1.54, 1.807) is 0 Å². The third kappa shape index (κ3) is 1.51. The number of rotatable bonds is 1. The van der Waals surface area contributed by atoms with E-state index in [0.29, 0.717) is 0 Å². The number of hydrogen-bond acceptors (Lipinski definition) is 2. The first-order chi connectivity index (χ1) is 6.37. The molecule has 0 atom stereocenters. The molecular formula is C6Cl2F3NO2. The predicted octanol–water partition coefficient (Wildman–Crippen LogP) is 3.32. The van der Waals surface area contributed by atoms with E-state index in [1.807, 2.05) is 0 Å². The summed E-state index contributed by atoms with van der Waals surface area (Å²) in [7, 11) is 0. The minimum absolute atomic E-state index is 0.965. The third-order valence-electron chi connectivity index (χ3n) is 1.37. The highest BCUT2D eigenvalue weighted by Gasteiger charge is 2.30. The van der Waals surface area contributed by atoms with E-state index in [-0.39, 0.29) is 0 Å². The molecule has 1 rings (SSSR count). The molecule has 0 saturated heterocycles. The predicted molar refractivity (Wildman–Crippen MR) is 43.0 cm³/mol. The van der Waals surface area contributed by atoms with Gasteiger partial charge in [-0.05, 0) is 0 Å². The van der Waals surface area contributed by atoms with E-state index in [2.05, 4.69) is 0 Å². The summed E-state index contributed by atoms with van der Waals surface area (Å²) in [6.07, 6.45) is 0. The molecule has 0 bridgehead atoms. The van der Waals surface area contributed by atoms with Gasteiger partial charge in [-0.15, -0.1) is 0 Å². The van der Waals surface area contributed by atoms with Gasteiger partial charge < -0.3 is 0 Å². The molecular weight excluding hydrogens is 246 g/mol. The summed E-state index contributed by atoms with van der Waals surface area (Å²) in [5, 5.41) is 8.21. The molecule has 0 aliphatic carbocycles. The second-order valence-electron chi connectivity index (χ2n) is 2.18. The van der Waals surface area contributed by atoms with Crippen LogP contribution >= 0.6 is 23.2 Å². The van der Waals surface area contributed by atoms with Gasteiger partial charge in [-0.3, -0.25) is 10.1 Å². The van der Waals surface area contributed by atoms with E-state index in [9.17, 15) is 23.3 Å². The van der Waals surface area contributed by atoms with Gasteiger partial charge in [0.2, 0.25) is 11.6 Å². The van der Waals surface area contributed by atoms with Crippen molar-refractivity contribution in [1.29, 1.82) is 0 Å². The van der Waals surface area contributed by atoms with Gasteiger partial charge in [-0.2, -0.15) is 4.39 Å². The molecule has 0 unspecified atom stereocenters. The number of hydrogen-bond donors (Lipinski definition) is 0. The molecule has 0 spiro atoms. The summed E-state index contributed by atoms with van der Waals surface area (Å²) >= 11 is 10.2. The van der Waals surface area contributed by atoms with Gasteiger partial charge in [-0.1, -0.05) is 23.2 Å². The summed E-state index contributed by atoms with van der Waals surface area (Å²) < 4.78 is 38.0. The summed E-state index contributed by atoms with van der Waals surface area (Å²) in [6, 6.07) is 0. The number of benzene rings is 1. The fourth-order valence-corrected chi connectivity index (χ4v) is 1.16. The summed E-state index contributed by atoms with van der Waals surface area (Å²) in [5.74, 6) is -5.74. The number of nitro groups is 1. The maximum atomic E-state index is 12.8. The topological polar surface area (TPSA) is 43.1 Å². The maximum Gasteiger partial charge on any atom is 0.328 e. The van der Waals surface area contributed by atoms with Crippen molar-refractivity contribution < 1.29 is 18.1 Å². The van der Waals surface area contributed by atoms with E-state index in [4.69, 9.17) is 23.2 Å². The van der Waals surface area contributed by atoms with Crippen LogP contribution in [0.15, 0.2) is 0 Å². The largest absolute Gasteiger partial charge is 0.328 e. The van der Waals surface area contributed by atoms with Crippen molar-refractivity contribution in [3.63, 3.8) is 0 Å². The van der Waals surface area contributed by atoms with Gasteiger partial charge in [0.15, 0.2) is 5.82 Å². The molecule has 0 amide bonds. The molecule has 0 heterocycles. The maximum absolute atomic E-state index is 12.8. The van der Waals surface area contributed by atoms with E-state index in [0.717, 1.165) is 0 Å². The molecule has 0 saturated carbocycles. The van der Waals surface area contributed by atoms with Gasteiger partial charge in [0, 0.05) is 0 Å². The van der Waals surface area contributed by atoms with E-state index in [1.165, 1.54) is 0 Å². The lowest BCUT2D eigenvalue weighted by atomic mass is 10.3. The molecule has 0 radical (unpaired) electrons. The van der Waals surface area contributed by atoms with Crippen LogP contribution in [0.4, 0.5) is 18.9 Å². The van der Waals surface area contributed by atoms with E-state index >= 15 is 0 Å². The van der Waals surface area contributed by atoms with Crippen LogP contribution in [0.25, 0.3) is 0 Å². The lowest BCUT2D eigenvalue weighted by molar-refractivity contribution is -0.387. The zero-order valence-corrected chi connectivity index (χ0v) is 7.67. The van der Waals surface area contributed by atoms with Crippen LogP contribution in [0.5, 0.6) is 0 Å². The Kier molecular flexibility index (Phi) is 2.86. The quantitative estimate of drug-likeness (QED) is 0.330. The van der Waals surface area contributed by atoms with Crippen molar-refractivity contribution in [1.82, 2.24) is 0 Å². The van der Waals surface area contributed by atoms with Crippen molar-refractivity contribution in [2.45, 2.75) is 0 Å². The highest BCUT2D eigenvalue weighted by molar-refractivity contribution is 6.43. The van der Waals surface area contributed by atoms with Crippen LogP contribution in [0.1, 0.15) is 0 Å². The summed E-state index contributed by atoms with van der Waals surface area (Å²) in [4.78, 5) is 8.91. The highest BCUT2D eigenvalue weighted by atomic mass is 35.5. The van der Waals surface area contributed by atoms with Crippen molar-refractivity contribution >= 4 is 28.9 Å². The molecule has 0 aliphatic rings. The standard InChI is InChI=1S/C6Cl2F3NO2/c7-1-2(8)6(12(13)14)5(11)4(10)3(1)9. The normalized spacial score (nSPS) is 10.4. The first-order valence-electron chi connectivity index (χ1n) is 3.03. The van der Waals surface area contributed by atoms with Crippen LogP contribution in [-0.2, 0) is 0 Å². The molecule has 0 fully saturated rings. The molecule has 1 aromatic rings. The second kappa shape index (κ2) is 3.62. The molecule has 0 aromatic heterocycles. The molecule has 8 heteroatoms. The lowest BCUT2D eigenvalue weighted by Gasteiger charge is -2.02. The SMILES string of the molecule is O=[N+]([O-])c1c(F)c(F)c(F)c(Cl)c1Cl. The Bertz CT molecular complexity index is 395. The monoisotopic (exact) mass is 245 g/mol. The number of halogens is 5. The minimum Gasteiger partial charge on any atom is -0.258 e. The Labute approximate surface area is 85.2 Å². The van der Waals surface area contributed by atoms with Crippen molar-refractivity contribution in [3.05, 3.63) is 37.6 Å². The number of nitrogens with zero attached hydrogens (tertiary/aromatic N) is 1. The van der Waals surface area contributed by atoms with Gasteiger partial charge in [0.1, 0.15) is 10.0 Å². The van der Waals surface area contributed by atoms with Gasteiger partial charge in [0.05, 0.1) is 4.92 Å². The van der Waals surface area contributed by atoms with Crippen LogP contribution in [0, 0.1) is 27.6 Å². The number of nitro benzene ring substituents is 1. The highest BCUT2D eigenvalue weighted by Crippen LogP contribution is 2.37. The van der Waals surface area contributed by atoms with Crippen molar-refractivity contribution in [2.75, 3.05) is 0 Å². The fraction of sp³-hybridized carbons (Fsp3) is 0. The fourth-order valence-electron chi connectivity index (χ4n) is 0.754. The Morgan fingerprint density at radius 2 is 1.50 bits per heavy atom. The zero-order chi connectivity index (χ0) is 11.0. The average molecular weight is 246 g/mol. The first kappa shape index (κ1) is 11.1. The Morgan fingerprint density at radius 3 is 1.93 bits per heavy atom. The summed E-state index contributed by atoms with van der Waals surface area (Å²) in [6.45, 7) is 0. The van der Waals surface area contributed by atoms with Crippen molar-refractivity contribution in [3.8, 4) is 0 Å². The second-order valence-corrected chi connectivity index (χ2v) is 2.93. The van der Waals surface area contributed by atoms with Crippen LogP contribution in [0.3, 0.4) is 0 Å². The molecule has 14 heavy (non-hydrogen) atoms. The Balaban J connectivity index is 3.68.